The van der Waals surface area contributed by atoms with E-state index in [2.05, 4.69) is 10.2 Å². The topological polar surface area (TPSA) is 108 Å². The van der Waals surface area contributed by atoms with E-state index in [1.54, 1.807) is 6.92 Å². The van der Waals surface area contributed by atoms with Crippen molar-refractivity contribution in [2.75, 3.05) is 0 Å². The van der Waals surface area contributed by atoms with Crippen molar-refractivity contribution in [3.63, 3.8) is 0 Å². The number of rotatable bonds is 3. The monoisotopic (exact) mass is 256 g/mol. The fourth-order valence-corrected chi connectivity index (χ4v) is 3.26. The first-order valence-corrected chi connectivity index (χ1v) is 6.43. The molecule has 0 radical (unpaired) electrons. The highest BCUT2D eigenvalue weighted by molar-refractivity contribution is 7.99. The highest BCUT2D eigenvalue weighted by Crippen LogP contribution is 2.36. The lowest BCUT2D eigenvalue weighted by Gasteiger charge is -2.34. The maximum absolute atomic E-state index is 11.3. The summed E-state index contributed by atoms with van der Waals surface area (Å²) in [6.07, 6.45) is 3.10. The Bertz CT molecular complexity index is 422. The third-order valence-corrected chi connectivity index (χ3v) is 4.11. The molecule has 2 atom stereocenters. The van der Waals surface area contributed by atoms with Crippen molar-refractivity contribution < 1.29 is 9.21 Å². The molecule has 2 unspecified atom stereocenters. The van der Waals surface area contributed by atoms with Gasteiger partial charge < -0.3 is 15.9 Å². The number of amides is 1. The molecule has 1 amide bonds. The Morgan fingerprint density at radius 1 is 1.59 bits per heavy atom. The molecule has 1 saturated carbocycles. The molecule has 17 heavy (non-hydrogen) atoms. The Hall–Kier alpha value is -1.08. The van der Waals surface area contributed by atoms with Gasteiger partial charge in [-0.25, -0.2) is 0 Å². The number of hydrogen-bond acceptors (Lipinski definition) is 6. The number of carbonyl (C=O) groups excluding carboxylic acids is 1. The van der Waals surface area contributed by atoms with Crippen LogP contribution < -0.4 is 11.5 Å². The van der Waals surface area contributed by atoms with E-state index in [4.69, 9.17) is 15.9 Å². The minimum Gasteiger partial charge on any atom is -0.416 e. The van der Waals surface area contributed by atoms with Gasteiger partial charge in [0.25, 0.3) is 5.22 Å². The van der Waals surface area contributed by atoms with Crippen LogP contribution >= 0.6 is 11.8 Å². The molecule has 1 heterocycles. The second kappa shape index (κ2) is 4.66. The summed E-state index contributed by atoms with van der Waals surface area (Å²) in [6.45, 7) is 1.74. The van der Waals surface area contributed by atoms with Gasteiger partial charge in [-0.3, -0.25) is 4.79 Å². The van der Waals surface area contributed by atoms with Crippen LogP contribution in [0.5, 0.6) is 0 Å². The molecule has 1 fully saturated rings. The van der Waals surface area contributed by atoms with E-state index in [1.165, 1.54) is 11.8 Å². The fraction of sp³-hybridized carbons (Fsp3) is 0.700. The van der Waals surface area contributed by atoms with Crippen molar-refractivity contribution >= 4 is 17.7 Å². The zero-order valence-corrected chi connectivity index (χ0v) is 10.5. The van der Waals surface area contributed by atoms with E-state index < -0.39 is 11.4 Å². The van der Waals surface area contributed by atoms with Gasteiger partial charge in [0.2, 0.25) is 11.8 Å². The van der Waals surface area contributed by atoms with Crippen LogP contribution in [0.2, 0.25) is 0 Å². The molecule has 6 nitrogen and oxygen atoms in total. The normalized spacial score (nSPS) is 29.2. The molecule has 7 heteroatoms. The van der Waals surface area contributed by atoms with Crippen molar-refractivity contribution in [1.82, 2.24) is 10.2 Å². The quantitative estimate of drug-likeness (QED) is 0.819. The Kier molecular flexibility index (Phi) is 3.39. The van der Waals surface area contributed by atoms with Crippen LogP contribution in [0.15, 0.2) is 9.64 Å². The summed E-state index contributed by atoms with van der Waals surface area (Å²) in [4.78, 5) is 11.3. The number of aromatic nitrogens is 2. The number of thioether (sulfide) groups is 1. The first-order valence-electron chi connectivity index (χ1n) is 5.55. The number of carbonyl (C=O) groups is 1. The maximum atomic E-state index is 11.3. The number of hydrogen-bond donors (Lipinski definition) is 2. The molecule has 0 aromatic carbocycles. The number of aryl methyl sites for hydroxylation is 1. The molecule has 94 valence electrons. The molecule has 0 aliphatic heterocycles. The third kappa shape index (κ3) is 2.78. The molecule has 4 N–H and O–H groups in total. The first-order chi connectivity index (χ1) is 7.99. The van der Waals surface area contributed by atoms with Crippen molar-refractivity contribution in [3.05, 3.63) is 5.89 Å². The van der Waals surface area contributed by atoms with Gasteiger partial charge in [0, 0.05) is 12.2 Å². The van der Waals surface area contributed by atoms with Crippen molar-refractivity contribution in [2.45, 2.75) is 48.6 Å². The first kappa shape index (κ1) is 12.4. The predicted molar refractivity (Wildman–Crippen MR) is 63.3 cm³/mol. The fourth-order valence-electron chi connectivity index (χ4n) is 2.05. The molecule has 1 aromatic rings. The van der Waals surface area contributed by atoms with Crippen LogP contribution in [-0.4, -0.2) is 26.9 Å². The molecule has 0 saturated heterocycles. The van der Waals surface area contributed by atoms with E-state index in [0.717, 1.165) is 12.8 Å². The van der Waals surface area contributed by atoms with Gasteiger partial charge in [-0.1, -0.05) is 11.8 Å². The summed E-state index contributed by atoms with van der Waals surface area (Å²) in [6, 6.07) is 0. The number of primary amides is 1. The minimum absolute atomic E-state index is 0.209. The average Bonchev–Trinajstić information content (AvgIpc) is 2.64. The van der Waals surface area contributed by atoms with Gasteiger partial charge in [0.05, 0.1) is 5.54 Å². The molecule has 0 spiro atoms. The minimum atomic E-state index is -0.884. The largest absolute Gasteiger partial charge is 0.416 e. The van der Waals surface area contributed by atoms with E-state index in [-0.39, 0.29) is 5.25 Å². The maximum Gasteiger partial charge on any atom is 0.276 e. The highest BCUT2D eigenvalue weighted by atomic mass is 32.2. The molecule has 2 rings (SSSR count). The Morgan fingerprint density at radius 2 is 2.35 bits per heavy atom. The summed E-state index contributed by atoms with van der Waals surface area (Å²) in [7, 11) is 0. The Labute approximate surface area is 104 Å². The van der Waals surface area contributed by atoms with Crippen LogP contribution in [0, 0.1) is 6.92 Å². The Morgan fingerprint density at radius 3 is 2.94 bits per heavy atom. The van der Waals surface area contributed by atoms with Crippen LogP contribution in [0.25, 0.3) is 0 Å². The number of nitrogens with two attached hydrogens (primary N) is 2. The lowest BCUT2D eigenvalue weighted by atomic mass is 9.82. The van der Waals surface area contributed by atoms with E-state index in [1.807, 2.05) is 0 Å². The van der Waals surface area contributed by atoms with E-state index >= 15 is 0 Å². The molecule has 1 aliphatic carbocycles. The summed E-state index contributed by atoms with van der Waals surface area (Å²) >= 11 is 1.48. The second-order valence-electron chi connectivity index (χ2n) is 4.44. The van der Waals surface area contributed by atoms with Gasteiger partial charge in [0.15, 0.2) is 0 Å². The molecular weight excluding hydrogens is 240 g/mol. The number of nitrogens with zero attached hydrogens (tertiary/aromatic N) is 2. The summed E-state index contributed by atoms with van der Waals surface area (Å²) in [5.74, 6) is 0.113. The Balaban J connectivity index is 2.00. The summed E-state index contributed by atoms with van der Waals surface area (Å²) in [5, 5.41) is 8.42. The zero-order chi connectivity index (χ0) is 12.5. The molecule has 1 aliphatic rings. The lowest BCUT2D eigenvalue weighted by Crippen LogP contribution is -2.55. The third-order valence-electron chi connectivity index (χ3n) is 3.01. The molecule has 0 bridgehead atoms. The summed E-state index contributed by atoms with van der Waals surface area (Å²) < 4.78 is 5.30. The van der Waals surface area contributed by atoms with Crippen LogP contribution in [0.3, 0.4) is 0 Å². The van der Waals surface area contributed by atoms with Gasteiger partial charge in [0.1, 0.15) is 0 Å². The average molecular weight is 256 g/mol. The SMILES string of the molecule is Cc1nnc(SC2CCCC(N)(C(N)=O)C2)o1. The van der Waals surface area contributed by atoms with Crippen LogP contribution in [0.4, 0.5) is 0 Å². The second-order valence-corrected chi connectivity index (χ2v) is 5.70. The summed E-state index contributed by atoms with van der Waals surface area (Å²) in [5.41, 5.74) is 10.4. The zero-order valence-electron chi connectivity index (χ0n) is 9.68. The van der Waals surface area contributed by atoms with Crippen molar-refractivity contribution in [1.29, 1.82) is 0 Å². The standard InChI is InChI=1S/C10H16N4O2S/c1-6-13-14-9(16-6)17-7-3-2-4-10(12,5-7)8(11)15/h7H,2-5,12H2,1H3,(H2,11,15). The van der Waals surface area contributed by atoms with E-state index in [0.29, 0.717) is 24.0 Å². The van der Waals surface area contributed by atoms with Gasteiger partial charge in [-0.2, -0.15) is 0 Å². The smallest absolute Gasteiger partial charge is 0.276 e. The lowest BCUT2D eigenvalue weighted by molar-refractivity contribution is -0.124. The van der Waals surface area contributed by atoms with E-state index in [9.17, 15) is 4.79 Å². The van der Waals surface area contributed by atoms with Gasteiger partial charge >= 0.3 is 0 Å². The highest BCUT2D eigenvalue weighted by Gasteiger charge is 2.38. The van der Waals surface area contributed by atoms with Crippen molar-refractivity contribution in [2.24, 2.45) is 11.5 Å². The van der Waals surface area contributed by atoms with Gasteiger partial charge in [-0.15, -0.1) is 10.2 Å². The van der Waals surface area contributed by atoms with Crippen LogP contribution in [0.1, 0.15) is 31.6 Å². The molecular formula is C10H16N4O2S. The molecule has 1 aromatic heterocycles. The van der Waals surface area contributed by atoms with Crippen molar-refractivity contribution in [3.8, 4) is 0 Å². The van der Waals surface area contributed by atoms with Crippen LogP contribution in [-0.2, 0) is 4.79 Å². The predicted octanol–water partition coefficient (Wildman–Crippen LogP) is 0.596. The van der Waals surface area contributed by atoms with Gasteiger partial charge in [-0.05, 0) is 25.7 Å².